The molecule has 1 aliphatic heterocycles. The molecule has 0 aliphatic carbocycles. The molecule has 1 fully saturated rings. The van der Waals surface area contributed by atoms with Gasteiger partial charge in [-0.2, -0.15) is 9.29 Å². The van der Waals surface area contributed by atoms with Crippen LogP contribution < -0.4 is 5.32 Å². The van der Waals surface area contributed by atoms with E-state index in [1.54, 1.807) is 31.2 Å². The lowest BCUT2D eigenvalue weighted by molar-refractivity contribution is -0.149. The highest BCUT2D eigenvalue weighted by molar-refractivity contribution is 7.88. The number of aliphatic carboxylic acids is 1. The van der Waals surface area contributed by atoms with Crippen LogP contribution >= 0.6 is 11.6 Å². The van der Waals surface area contributed by atoms with Crippen LogP contribution in [0.25, 0.3) is 11.3 Å². The molecule has 1 aromatic carbocycles. The average Bonchev–Trinajstić information content (AvgIpc) is 3.51. The van der Waals surface area contributed by atoms with Crippen LogP contribution in [0.3, 0.4) is 0 Å². The number of carboxylic acids is 1. The molecule has 4 aromatic rings. The highest BCUT2D eigenvalue weighted by Gasteiger charge is 2.57. The molecule has 1 aliphatic rings. The summed E-state index contributed by atoms with van der Waals surface area (Å²) in [7, 11) is -3.56. The van der Waals surface area contributed by atoms with Crippen LogP contribution in [0, 0.1) is 11.8 Å². The second-order valence-corrected chi connectivity index (χ2v) is 11.1. The first-order valence-corrected chi connectivity index (χ1v) is 13.5. The Bertz CT molecular complexity index is 1720. The Morgan fingerprint density at radius 2 is 2.00 bits per heavy atom. The van der Waals surface area contributed by atoms with Crippen LogP contribution in [-0.4, -0.2) is 59.4 Å². The van der Waals surface area contributed by atoms with E-state index in [2.05, 4.69) is 27.3 Å². The number of nitrogens with zero attached hydrogens (tertiary/aromatic N) is 3. The molecule has 4 heterocycles. The van der Waals surface area contributed by atoms with Gasteiger partial charge in [-0.25, -0.2) is 13.2 Å². The molecule has 15 heteroatoms. The lowest BCUT2D eigenvalue weighted by Crippen LogP contribution is -2.64. The number of aromatic nitrogens is 2. The van der Waals surface area contributed by atoms with Crippen molar-refractivity contribution < 1.29 is 41.2 Å². The van der Waals surface area contributed by atoms with Crippen LogP contribution in [0.5, 0.6) is 0 Å². The van der Waals surface area contributed by atoms with Crippen LogP contribution in [0.2, 0.25) is 5.02 Å². The van der Waals surface area contributed by atoms with Gasteiger partial charge >= 0.3 is 12.1 Å². The minimum absolute atomic E-state index is 0.0131. The third-order valence-corrected chi connectivity index (χ3v) is 7.54. The molecule has 5 rings (SSSR count). The molecule has 39 heavy (non-hydrogen) atoms. The van der Waals surface area contributed by atoms with Gasteiger partial charge in [0.05, 0.1) is 12.5 Å². The molecule has 3 aromatic heterocycles. The zero-order valence-corrected chi connectivity index (χ0v) is 21.9. The predicted octanol–water partition coefficient (Wildman–Crippen LogP) is 3.37. The topological polar surface area (TPSA) is 178 Å². The lowest BCUT2D eigenvalue weighted by atomic mass is 9.81. The summed E-state index contributed by atoms with van der Waals surface area (Å²) in [6, 6.07) is 8.36. The van der Waals surface area contributed by atoms with Crippen molar-refractivity contribution in [2.75, 3.05) is 24.7 Å². The van der Waals surface area contributed by atoms with Gasteiger partial charge in [-0.05, 0) is 24.8 Å². The number of fused-ring (bicyclic) bond motifs is 1. The van der Waals surface area contributed by atoms with Gasteiger partial charge < -0.3 is 23.2 Å². The summed E-state index contributed by atoms with van der Waals surface area (Å²) in [5.41, 5.74) is -0.716. The maximum atomic E-state index is 12.4. The van der Waals surface area contributed by atoms with E-state index >= 15 is 0 Å². The minimum Gasteiger partial charge on any atom is -0.480 e. The van der Waals surface area contributed by atoms with Crippen molar-refractivity contribution in [2.24, 2.45) is 0 Å². The average molecular weight is 575 g/mol. The number of carbonyl (C=O) groups is 2. The summed E-state index contributed by atoms with van der Waals surface area (Å²) in [5.74, 6) is 4.03. The van der Waals surface area contributed by atoms with Gasteiger partial charge in [0, 0.05) is 29.7 Å². The Morgan fingerprint density at radius 3 is 2.67 bits per heavy atom. The standard InChI is InChI=1S/C24H19ClN4O9S/c1-13(15-5-3-4-6-16(15)25)35-23(32)27-17-10-26-38-18(17)8-7-14-9-19-20(36-14)28-21(37-19)24(22(30)31)11-29(12-24)39(2,33)34/h3-6,9-10,13H,11-12H2,1-2H3,(H,27,32)(H,30,31). The zero-order valence-electron chi connectivity index (χ0n) is 20.3. The second-order valence-electron chi connectivity index (χ2n) is 8.73. The number of amides is 1. The number of nitrogens with one attached hydrogen (secondary N) is 1. The van der Waals surface area contributed by atoms with E-state index in [4.69, 9.17) is 29.7 Å². The van der Waals surface area contributed by atoms with Crippen molar-refractivity contribution in [1.82, 2.24) is 14.4 Å². The van der Waals surface area contributed by atoms with E-state index in [9.17, 15) is 23.1 Å². The molecule has 0 bridgehead atoms. The van der Waals surface area contributed by atoms with E-state index in [1.807, 2.05) is 0 Å². The van der Waals surface area contributed by atoms with Crippen LogP contribution in [0.4, 0.5) is 10.5 Å². The zero-order chi connectivity index (χ0) is 27.9. The largest absolute Gasteiger partial charge is 0.480 e. The molecule has 13 nitrogen and oxygen atoms in total. The Morgan fingerprint density at radius 1 is 1.26 bits per heavy atom. The number of rotatable bonds is 6. The van der Waals surface area contributed by atoms with Gasteiger partial charge in [-0.15, -0.1) is 0 Å². The summed E-state index contributed by atoms with van der Waals surface area (Å²) in [6.45, 7) is 1.06. The van der Waals surface area contributed by atoms with Gasteiger partial charge in [0.2, 0.25) is 21.7 Å². The van der Waals surface area contributed by atoms with Crippen molar-refractivity contribution >= 4 is 50.7 Å². The third-order valence-electron chi connectivity index (χ3n) is 6.00. The van der Waals surface area contributed by atoms with Crippen molar-refractivity contribution in [3.8, 4) is 11.8 Å². The molecule has 1 amide bonds. The maximum absolute atomic E-state index is 12.4. The summed E-state index contributed by atoms with van der Waals surface area (Å²) >= 11 is 6.14. The molecule has 0 spiro atoms. The minimum atomic E-state index is -3.56. The Hall–Kier alpha value is -4.32. The van der Waals surface area contributed by atoms with Gasteiger partial charge in [0.1, 0.15) is 11.8 Å². The summed E-state index contributed by atoms with van der Waals surface area (Å²) in [6.07, 6.45) is 0.833. The molecule has 0 radical (unpaired) electrons. The van der Waals surface area contributed by atoms with Crippen molar-refractivity contribution in [3.05, 3.63) is 64.5 Å². The second kappa shape index (κ2) is 9.77. The molecule has 1 atom stereocenters. The number of hydrogen-bond acceptors (Lipinski definition) is 10. The van der Waals surface area contributed by atoms with Crippen molar-refractivity contribution in [2.45, 2.75) is 18.4 Å². The molecule has 2 N–H and O–H groups in total. The molecule has 1 unspecified atom stereocenters. The fourth-order valence-electron chi connectivity index (χ4n) is 3.86. The Labute approximate surface area is 225 Å². The van der Waals surface area contributed by atoms with Crippen LogP contribution in [0.1, 0.15) is 36.0 Å². The number of carbonyl (C=O) groups excluding carboxylic acids is 1. The van der Waals surface area contributed by atoms with E-state index in [1.165, 1.54) is 12.3 Å². The normalized spacial score (nSPS) is 15.7. The highest BCUT2D eigenvalue weighted by atomic mass is 35.5. The number of ether oxygens (including phenoxy) is 1. The summed E-state index contributed by atoms with van der Waals surface area (Å²) in [5, 5.41) is 16.3. The number of furan rings is 1. The molecule has 0 saturated carbocycles. The number of halogens is 1. The van der Waals surface area contributed by atoms with E-state index < -0.39 is 33.6 Å². The summed E-state index contributed by atoms with van der Waals surface area (Å²) < 4.78 is 46.0. The van der Waals surface area contributed by atoms with Gasteiger partial charge in [-0.1, -0.05) is 35.0 Å². The number of sulfonamides is 1. The van der Waals surface area contributed by atoms with Gasteiger partial charge in [0.25, 0.3) is 5.71 Å². The third kappa shape index (κ3) is 5.07. The predicted molar refractivity (Wildman–Crippen MR) is 134 cm³/mol. The Balaban J connectivity index is 1.28. The van der Waals surface area contributed by atoms with E-state index in [0.717, 1.165) is 10.6 Å². The fraction of sp³-hybridized carbons (Fsp3) is 0.250. The number of hydrogen-bond donors (Lipinski definition) is 2. The molecule has 202 valence electrons. The van der Waals surface area contributed by atoms with Crippen molar-refractivity contribution in [1.29, 1.82) is 0 Å². The first-order chi connectivity index (χ1) is 18.5. The molecule has 1 saturated heterocycles. The SMILES string of the molecule is CC(OC(=O)Nc1cnoc1C#Cc1cc2oc(C3(C(=O)O)CN(S(C)(=O)=O)C3)nc2o1)c1ccccc1Cl. The van der Waals surface area contributed by atoms with E-state index in [0.29, 0.717) is 10.6 Å². The van der Waals surface area contributed by atoms with Gasteiger partial charge in [0.15, 0.2) is 16.8 Å². The van der Waals surface area contributed by atoms with Crippen LogP contribution in [0.15, 0.2) is 49.9 Å². The highest BCUT2D eigenvalue weighted by Crippen LogP contribution is 2.38. The molecular formula is C24H19ClN4O9S. The number of anilines is 1. The number of carboxylic acid groups (broad SMARTS) is 1. The first-order valence-electron chi connectivity index (χ1n) is 11.2. The maximum Gasteiger partial charge on any atom is 0.412 e. The van der Waals surface area contributed by atoms with Gasteiger partial charge in [-0.3, -0.25) is 10.1 Å². The lowest BCUT2D eigenvalue weighted by Gasteiger charge is -2.42. The van der Waals surface area contributed by atoms with Crippen molar-refractivity contribution in [3.63, 3.8) is 0 Å². The quantitative estimate of drug-likeness (QED) is 0.322. The fourth-order valence-corrected chi connectivity index (χ4v) is 5.06. The number of oxazole rings is 1. The first kappa shape index (κ1) is 26.3. The smallest absolute Gasteiger partial charge is 0.412 e. The van der Waals surface area contributed by atoms with Crippen LogP contribution in [-0.2, 0) is 25.0 Å². The Kier molecular flexibility index (Phi) is 6.59. The number of benzene rings is 1. The monoisotopic (exact) mass is 574 g/mol. The summed E-state index contributed by atoms with van der Waals surface area (Å²) in [4.78, 5) is 28.4. The van der Waals surface area contributed by atoms with E-state index in [-0.39, 0.29) is 47.5 Å². The molecular weight excluding hydrogens is 556 g/mol.